The molecule has 1 aliphatic rings. The zero-order valence-corrected chi connectivity index (χ0v) is 14.3. The Bertz CT molecular complexity index is 733. The van der Waals surface area contributed by atoms with Crippen molar-refractivity contribution in [3.8, 4) is 0 Å². The highest BCUT2D eigenvalue weighted by Crippen LogP contribution is 2.21. The Morgan fingerprint density at radius 3 is 2.68 bits per heavy atom. The molecule has 25 heavy (non-hydrogen) atoms. The number of urea groups is 1. The van der Waals surface area contributed by atoms with E-state index in [0.717, 1.165) is 24.1 Å². The summed E-state index contributed by atoms with van der Waals surface area (Å²) < 4.78 is 0. The molecule has 1 aromatic heterocycles. The van der Waals surface area contributed by atoms with E-state index in [1.807, 2.05) is 12.1 Å². The van der Waals surface area contributed by atoms with E-state index >= 15 is 0 Å². The number of aromatic nitrogens is 1. The van der Waals surface area contributed by atoms with E-state index in [-0.39, 0.29) is 11.9 Å². The first-order valence-electron chi connectivity index (χ1n) is 8.54. The zero-order chi connectivity index (χ0) is 17.6. The molecule has 0 saturated heterocycles. The molecule has 2 aromatic rings. The monoisotopic (exact) mass is 338 g/mol. The van der Waals surface area contributed by atoms with Gasteiger partial charge in [-0.3, -0.25) is 9.78 Å². The second-order valence-electron chi connectivity index (χ2n) is 6.08. The van der Waals surface area contributed by atoms with Crippen molar-refractivity contribution in [2.24, 2.45) is 0 Å². The van der Waals surface area contributed by atoms with Gasteiger partial charge in [-0.1, -0.05) is 19.4 Å². The van der Waals surface area contributed by atoms with Crippen molar-refractivity contribution in [2.45, 2.75) is 32.9 Å². The fourth-order valence-electron chi connectivity index (χ4n) is 2.73. The molecule has 3 amide bonds. The highest BCUT2D eigenvalue weighted by Gasteiger charge is 2.23. The number of hydrogen-bond acceptors (Lipinski definition) is 3. The smallest absolute Gasteiger partial charge is 0.322 e. The molecule has 0 unspecified atom stereocenters. The minimum atomic E-state index is -0.168. The third-order valence-electron chi connectivity index (χ3n) is 4.19. The van der Waals surface area contributed by atoms with Gasteiger partial charge in [-0.15, -0.1) is 0 Å². The van der Waals surface area contributed by atoms with Gasteiger partial charge in [-0.05, 0) is 42.3 Å². The highest BCUT2D eigenvalue weighted by atomic mass is 16.2. The molecule has 3 rings (SSSR count). The summed E-state index contributed by atoms with van der Waals surface area (Å²) in [7, 11) is 0. The van der Waals surface area contributed by atoms with Gasteiger partial charge in [0.05, 0.1) is 12.2 Å². The molecule has 6 nitrogen and oxygen atoms in total. The molecular formula is C19H22N4O2. The Hall–Kier alpha value is -2.89. The molecule has 1 aromatic carbocycles. The van der Waals surface area contributed by atoms with Gasteiger partial charge in [0.2, 0.25) is 0 Å². The van der Waals surface area contributed by atoms with Crippen LogP contribution in [0.3, 0.4) is 0 Å². The number of carbonyl (C=O) groups excluding carboxylic acids is 2. The molecule has 6 heteroatoms. The van der Waals surface area contributed by atoms with Crippen molar-refractivity contribution >= 4 is 17.6 Å². The van der Waals surface area contributed by atoms with Crippen molar-refractivity contribution in [3.05, 3.63) is 59.4 Å². The summed E-state index contributed by atoms with van der Waals surface area (Å²) in [5, 5.41) is 5.74. The number of anilines is 1. The summed E-state index contributed by atoms with van der Waals surface area (Å²) >= 11 is 0. The third-order valence-corrected chi connectivity index (χ3v) is 4.19. The van der Waals surface area contributed by atoms with Crippen LogP contribution in [-0.4, -0.2) is 28.4 Å². The van der Waals surface area contributed by atoms with Gasteiger partial charge >= 0.3 is 6.03 Å². The molecule has 1 aliphatic heterocycles. The van der Waals surface area contributed by atoms with E-state index < -0.39 is 0 Å². The Labute approximate surface area is 147 Å². The number of fused-ring (bicyclic) bond motifs is 1. The molecule has 0 aliphatic carbocycles. The predicted octanol–water partition coefficient (Wildman–Crippen LogP) is 3.16. The van der Waals surface area contributed by atoms with Crippen LogP contribution in [0.4, 0.5) is 10.5 Å². The lowest BCUT2D eigenvalue weighted by atomic mass is 10.2. The van der Waals surface area contributed by atoms with E-state index in [4.69, 9.17) is 0 Å². The molecule has 0 bridgehead atoms. The van der Waals surface area contributed by atoms with E-state index in [0.29, 0.717) is 30.9 Å². The number of pyridine rings is 1. The van der Waals surface area contributed by atoms with Gasteiger partial charge in [-0.2, -0.15) is 0 Å². The quantitative estimate of drug-likeness (QED) is 0.823. The maximum Gasteiger partial charge on any atom is 0.322 e. The van der Waals surface area contributed by atoms with Gasteiger partial charge in [0.25, 0.3) is 5.91 Å². The van der Waals surface area contributed by atoms with Gasteiger partial charge in [0.15, 0.2) is 0 Å². The van der Waals surface area contributed by atoms with Crippen LogP contribution in [0.25, 0.3) is 0 Å². The maximum atomic E-state index is 12.4. The average molecular weight is 338 g/mol. The molecular weight excluding hydrogens is 316 g/mol. The third kappa shape index (κ3) is 4.15. The first kappa shape index (κ1) is 17.0. The van der Waals surface area contributed by atoms with E-state index in [1.54, 1.807) is 35.4 Å². The van der Waals surface area contributed by atoms with Gasteiger partial charge < -0.3 is 15.5 Å². The largest absolute Gasteiger partial charge is 0.352 e. The topological polar surface area (TPSA) is 74.3 Å². The molecule has 2 heterocycles. The number of nitrogens with zero attached hydrogens (tertiary/aromatic N) is 2. The fourth-order valence-corrected chi connectivity index (χ4v) is 2.73. The second-order valence-corrected chi connectivity index (χ2v) is 6.08. The normalized spacial score (nSPS) is 12.6. The molecule has 0 fully saturated rings. The summed E-state index contributed by atoms with van der Waals surface area (Å²) in [4.78, 5) is 30.4. The molecule has 130 valence electrons. The number of benzene rings is 1. The Kier molecular flexibility index (Phi) is 5.28. The number of hydrogen-bond donors (Lipinski definition) is 2. The summed E-state index contributed by atoms with van der Waals surface area (Å²) in [6.07, 6.45) is 3.75. The zero-order valence-electron chi connectivity index (χ0n) is 14.3. The van der Waals surface area contributed by atoms with Crippen LogP contribution >= 0.6 is 0 Å². The highest BCUT2D eigenvalue weighted by molar-refractivity contribution is 5.95. The summed E-state index contributed by atoms with van der Waals surface area (Å²) in [6.45, 7) is 3.84. The minimum absolute atomic E-state index is 0.0904. The lowest BCUT2D eigenvalue weighted by Gasteiger charge is -2.16. The second kappa shape index (κ2) is 7.79. The number of carbonyl (C=O) groups is 2. The fraction of sp³-hybridized carbons (Fsp3) is 0.316. The number of unbranched alkanes of at least 4 members (excludes halogenated alkanes) is 1. The Balaban J connectivity index is 1.55. The molecule has 0 saturated carbocycles. The first-order chi connectivity index (χ1) is 12.2. The standard InChI is InChI=1S/C19H22N4O2/c1-2-3-10-21-18(24)14-6-8-16(9-7-14)22-19(25)23-12-15-5-4-11-20-17(15)13-23/h4-9,11H,2-3,10,12-13H2,1H3,(H,21,24)(H,22,25). The number of nitrogens with one attached hydrogen (secondary N) is 2. The van der Waals surface area contributed by atoms with Crippen molar-refractivity contribution < 1.29 is 9.59 Å². The van der Waals surface area contributed by atoms with Gasteiger partial charge in [0.1, 0.15) is 0 Å². The van der Waals surface area contributed by atoms with Crippen LogP contribution in [0.2, 0.25) is 0 Å². The van der Waals surface area contributed by atoms with Gasteiger partial charge in [0, 0.05) is 30.5 Å². The van der Waals surface area contributed by atoms with Gasteiger partial charge in [-0.25, -0.2) is 4.79 Å². The Morgan fingerprint density at radius 2 is 1.96 bits per heavy atom. The average Bonchev–Trinajstić information content (AvgIpc) is 3.07. The molecule has 0 spiro atoms. The number of amides is 3. The lowest BCUT2D eigenvalue weighted by molar-refractivity contribution is 0.0953. The van der Waals surface area contributed by atoms with Crippen LogP contribution in [0.1, 0.15) is 41.4 Å². The van der Waals surface area contributed by atoms with Crippen molar-refractivity contribution in [3.63, 3.8) is 0 Å². The van der Waals surface area contributed by atoms with E-state index in [9.17, 15) is 9.59 Å². The molecule has 2 N–H and O–H groups in total. The van der Waals surface area contributed by atoms with Crippen LogP contribution in [0.5, 0.6) is 0 Å². The van der Waals surface area contributed by atoms with E-state index in [1.165, 1.54) is 0 Å². The lowest BCUT2D eigenvalue weighted by Crippen LogP contribution is -2.30. The summed E-state index contributed by atoms with van der Waals surface area (Å²) in [5.74, 6) is -0.0904. The minimum Gasteiger partial charge on any atom is -0.352 e. The van der Waals surface area contributed by atoms with Crippen LogP contribution in [-0.2, 0) is 13.1 Å². The molecule has 0 atom stereocenters. The van der Waals surface area contributed by atoms with Crippen LogP contribution in [0, 0.1) is 0 Å². The van der Waals surface area contributed by atoms with E-state index in [2.05, 4.69) is 22.5 Å². The summed E-state index contributed by atoms with van der Waals surface area (Å²) in [5.41, 5.74) is 3.28. The predicted molar refractivity (Wildman–Crippen MR) is 96.2 cm³/mol. The number of rotatable bonds is 5. The first-order valence-corrected chi connectivity index (χ1v) is 8.54. The van der Waals surface area contributed by atoms with Crippen molar-refractivity contribution in [1.29, 1.82) is 0 Å². The Morgan fingerprint density at radius 1 is 1.16 bits per heavy atom. The summed E-state index contributed by atoms with van der Waals surface area (Å²) in [6, 6.07) is 10.6. The maximum absolute atomic E-state index is 12.4. The van der Waals surface area contributed by atoms with Crippen LogP contribution in [0.15, 0.2) is 42.6 Å². The molecule has 0 radical (unpaired) electrons. The van der Waals surface area contributed by atoms with Crippen molar-refractivity contribution in [1.82, 2.24) is 15.2 Å². The SMILES string of the molecule is CCCCNC(=O)c1ccc(NC(=O)N2Cc3cccnc3C2)cc1. The van der Waals surface area contributed by atoms with Crippen molar-refractivity contribution in [2.75, 3.05) is 11.9 Å². The van der Waals surface area contributed by atoms with Crippen LogP contribution < -0.4 is 10.6 Å².